The Kier molecular flexibility index (Phi) is 3.84. The first kappa shape index (κ1) is 12.3. The van der Waals surface area contributed by atoms with Gasteiger partial charge in [-0.3, -0.25) is 0 Å². The van der Waals surface area contributed by atoms with Crippen molar-refractivity contribution in [2.75, 3.05) is 24.6 Å². The molecule has 0 aromatic rings. The summed E-state index contributed by atoms with van der Waals surface area (Å²) in [4.78, 5) is 0. The van der Waals surface area contributed by atoms with Crippen LogP contribution in [0.15, 0.2) is 0 Å². The first-order chi connectivity index (χ1) is 7.57. The highest BCUT2D eigenvalue weighted by molar-refractivity contribution is 7.91. The van der Waals surface area contributed by atoms with Crippen molar-refractivity contribution in [2.24, 2.45) is 5.73 Å². The summed E-state index contributed by atoms with van der Waals surface area (Å²) >= 11 is 0. The number of piperidine rings is 1. The zero-order valence-corrected chi connectivity index (χ0v) is 10.2. The molecule has 0 aromatic carbocycles. The van der Waals surface area contributed by atoms with Crippen molar-refractivity contribution in [3.05, 3.63) is 0 Å². The van der Waals surface area contributed by atoms with E-state index in [1.165, 1.54) is 0 Å². The average molecular weight is 248 g/mol. The second-order valence-electron chi connectivity index (χ2n) is 4.68. The van der Waals surface area contributed by atoms with E-state index < -0.39 is 9.84 Å². The van der Waals surface area contributed by atoms with Crippen molar-refractivity contribution < 1.29 is 13.2 Å². The van der Waals surface area contributed by atoms with Crippen LogP contribution in [0.1, 0.15) is 19.3 Å². The largest absolute Gasteiger partial charge is 0.373 e. The molecule has 2 rings (SSSR count). The van der Waals surface area contributed by atoms with Gasteiger partial charge in [0.1, 0.15) is 0 Å². The highest BCUT2D eigenvalue weighted by atomic mass is 32.2. The van der Waals surface area contributed by atoms with Gasteiger partial charge in [-0.2, -0.15) is 0 Å². The summed E-state index contributed by atoms with van der Waals surface area (Å²) in [7, 11) is -2.79. The van der Waals surface area contributed by atoms with E-state index in [2.05, 4.69) is 5.32 Å². The van der Waals surface area contributed by atoms with Crippen molar-refractivity contribution in [1.82, 2.24) is 5.32 Å². The smallest absolute Gasteiger partial charge is 0.150 e. The fourth-order valence-electron chi connectivity index (χ4n) is 2.28. The van der Waals surface area contributed by atoms with Gasteiger partial charge in [0, 0.05) is 12.6 Å². The van der Waals surface area contributed by atoms with Gasteiger partial charge in [-0.1, -0.05) is 0 Å². The number of hydrogen-bond acceptors (Lipinski definition) is 5. The topological polar surface area (TPSA) is 81.4 Å². The zero-order valence-electron chi connectivity index (χ0n) is 9.39. The van der Waals surface area contributed by atoms with E-state index in [1.807, 2.05) is 0 Å². The van der Waals surface area contributed by atoms with E-state index in [4.69, 9.17) is 10.5 Å². The molecule has 2 unspecified atom stereocenters. The molecule has 5 nitrogen and oxygen atoms in total. The first-order valence-corrected chi connectivity index (χ1v) is 7.71. The molecule has 0 amide bonds. The van der Waals surface area contributed by atoms with E-state index >= 15 is 0 Å². The summed E-state index contributed by atoms with van der Waals surface area (Å²) in [5.41, 5.74) is 5.94. The molecule has 0 aliphatic carbocycles. The second kappa shape index (κ2) is 5.00. The van der Waals surface area contributed by atoms with Crippen LogP contribution in [0.25, 0.3) is 0 Å². The molecule has 2 aliphatic rings. The van der Waals surface area contributed by atoms with Gasteiger partial charge >= 0.3 is 0 Å². The summed E-state index contributed by atoms with van der Waals surface area (Å²) in [5, 5.41) is 3.21. The van der Waals surface area contributed by atoms with Gasteiger partial charge in [0.05, 0.1) is 23.7 Å². The molecule has 0 radical (unpaired) electrons. The highest BCUT2D eigenvalue weighted by Gasteiger charge is 2.29. The maximum atomic E-state index is 11.3. The Morgan fingerprint density at radius 1 is 1.19 bits per heavy atom. The number of sulfone groups is 1. The van der Waals surface area contributed by atoms with Crippen molar-refractivity contribution in [3.8, 4) is 0 Å². The highest BCUT2D eigenvalue weighted by Crippen LogP contribution is 2.19. The van der Waals surface area contributed by atoms with E-state index in [-0.39, 0.29) is 29.8 Å². The van der Waals surface area contributed by atoms with E-state index in [0.29, 0.717) is 12.8 Å². The lowest BCUT2D eigenvalue weighted by Crippen LogP contribution is -2.51. The monoisotopic (exact) mass is 248 g/mol. The third-order valence-electron chi connectivity index (χ3n) is 3.33. The van der Waals surface area contributed by atoms with Gasteiger partial charge < -0.3 is 15.8 Å². The van der Waals surface area contributed by atoms with Crippen LogP contribution in [-0.2, 0) is 14.6 Å². The molecule has 0 bridgehead atoms. The average Bonchev–Trinajstić information content (AvgIpc) is 2.24. The van der Waals surface area contributed by atoms with E-state index in [9.17, 15) is 8.42 Å². The predicted molar refractivity (Wildman–Crippen MR) is 62.0 cm³/mol. The van der Waals surface area contributed by atoms with E-state index in [0.717, 1.165) is 19.5 Å². The maximum Gasteiger partial charge on any atom is 0.150 e. The van der Waals surface area contributed by atoms with Gasteiger partial charge in [0.2, 0.25) is 0 Å². The lowest BCUT2D eigenvalue weighted by Gasteiger charge is -2.33. The van der Waals surface area contributed by atoms with Crippen LogP contribution in [0.4, 0.5) is 0 Å². The molecular weight excluding hydrogens is 228 g/mol. The summed E-state index contributed by atoms with van der Waals surface area (Å²) < 4.78 is 28.4. The molecule has 2 atom stereocenters. The second-order valence-corrected chi connectivity index (χ2v) is 6.99. The third kappa shape index (κ3) is 3.16. The molecule has 6 heteroatoms. The number of ether oxygens (including phenoxy) is 1. The zero-order chi connectivity index (χ0) is 11.6. The minimum atomic E-state index is -2.79. The minimum absolute atomic E-state index is 0.0345. The van der Waals surface area contributed by atoms with Gasteiger partial charge in [-0.15, -0.1) is 0 Å². The lowest BCUT2D eigenvalue weighted by molar-refractivity contribution is -0.0393. The number of nitrogens with two attached hydrogens (primary N) is 1. The van der Waals surface area contributed by atoms with Crippen molar-refractivity contribution in [1.29, 1.82) is 0 Å². The van der Waals surface area contributed by atoms with E-state index in [1.54, 1.807) is 0 Å². The van der Waals surface area contributed by atoms with Gasteiger partial charge in [0.25, 0.3) is 0 Å². The van der Waals surface area contributed by atoms with Crippen molar-refractivity contribution >= 4 is 9.84 Å². The Morgan fingerprint density at radius 2 is 1.88 bits per heavy atom. The number of nitrogens with one attached hydrogen (secondary N) is 1. The Balaban J connectivity index is 1.82. The molecule has 16 heavy (non-hydrogen) atoms. The lowest BCUT2D eigenvalue weighted by atomic mass is 10.0. The van der Waals surface area contributed by atoms with Gasteiger partial charge in [-0.05, 0) is 25.8 Å². The Hall–Kier alpha value is -0.170. The summed E-state index contributed by atoms with van der Waals surface area (Å²) in [6.07, 6.45) is 2.34. The van der Waals surface area contributed by atoms with Crippen molar-refractivity contribution in [2.45, 2.75) is 37.5 Å². The molecule has 2 saturated heterocycles. The van der Waals surface area contributed by atoms with Crippen LogP contribution in [0.5, 0.6) is 0 Å². The summed E-state index contributed by atoms with van der Waals surface area (Å²) in [5.74, 6) is 0.524. The Bertz CT molecular complexity index is 317. The van der Waals surface area contributed by atoms with Crippen LogP contribution in [0, 0.1) is 0 Å². The van der Waals surface area contributed by atoms with Crippen LogP contribution in [0.3, 0.4) is 0 Å². The third-order valence-corrected chi connectivity index (χ3v) is 5.05. The Morgan fingerprint density at radius 3 is 2.50 bits per heavy atom. The quantitative estimate of drug-likeness (QED) is 0.673. The summed E-state index contributed by atoms with van der Waals surface area (Å²) in [6.45, 7) is 1.72. The predicted octanol–water partition coefficient (Wildman–Crippen LogP) is -0.731. The molecule has 0 saturated carbocycles. The van der Waals surface area contributed by atoms with Crippen LogP contribution in [0.2, 0.25) is 0 Å². The summed E-state index contributed by atoms with van der Waals surface area (Å²) in [6, 6.07) is 0.0345. The normalized spacial score (nSPS) is 36.1. The fourth-order valence-corrected chi connectivity index (χ4v) is 3.73. The fraction of sp³-hybridized carbons (Fsp3) is 1.00. The van der Waals surface area contributed by atoms with Crippen LogP contribution >= 0.6 is 0 Å². The molecule has 2 heterocycles. The number of hydrogen-bond donors (Lipinski definition) is 2. The molecule has 3 N–H and O–H groups in total. The molecule has 2 aliphatic heterocycles. The SMILES string of the molecule is NC1CNCCC1OC1CCS(=O)(=O)CC1. The minimum Gasteiger partial charge on any atom is -0.373 e. The standard InChI is InChI=1S/C10H20N2O3S/c11-9-7-12-4-1-10(9)15-8-2-5-16(13,14)6-3-8/h8-10,12H,1-7,11H2. The van der Waals surface area contributed by atoms with Gasteiger partial charge in [0.15, 0.2) is 9.84 Å². The molecule has 94 valence electrons. The van der Waals surface area contributed by atoms with Crippen LogP contribution < -0.4 is 11.1 Å². The number of rotatable bonds is 2. The maximum absolute atomic E-state index is 11.3. The molecule has 0 aromatic heterocycles. The molecule has 0 spiro atoms. The molecular formula is C10H20N2O3S. The Labute approximate surface area is 96.6 Å². The molecule has 2 fully saturated rings. The van der Waals surface area contributed by atoms with Crippen LogP contribution in [-0.4, -0.2) is 51.3 Å². The van der Waals surface area contributed by atoms with Crippen molar-refractivity contribution in [3.63, 3.8) is 0 Å². The van der Waals surface area contributed by atoms with Gasteiger partial charge in [-0.25, -0.2) is 8.42 Å². The first-order valence-electron chi connectivity index (χ1n) is 5.89.